The van der Waals surface area contributed by atoms with Gasteiger partial charge >= 0.3 is 0 Å². The summed E-state index contributed by atoms with van der Waals surface area (Å²) >= 11 is 0. The zero-order chi connectivity index (χ0) is 18.1. The van der Waals surface area contributed by atoms with Gasteiger partial charge in [-0.15, -0.1) is 0 Å². The molecule has 2 aromatic carbocycles. The monoisotopic (exact) mass is 347 g/mol. The first-order valence-electron chi connectivity index (χ1n) is 8.88. The van der Waals surface area contributed by atoms with Gasteiger partial charge in [0.05, 0.1) is 5.56 Å². The van der Waals surface area contributed by atoms with Crippen molar-refractivity contribution in [2.24, 2.45) is 5.92 Å². The van der Waals surface area contributed by atoms with Gasteiger partial charge in [0.1, 0.15) is 0 Å². The third-order valence-electron chi connectivity index (χ3n) is 4.91. The van der Waals surface area contributed by atoms with Gasteiger partial charge < -0.3 is 15.2 Å². The predicted molar refractivity (Wildman–Crippen MR) is 105 cm³/mol. The Balaban J connectivity index is 1.56. The Morgan fingerprint density at radius 2 is 1.92 bits per heavy atom. The number of nitrogens with zero attached hydrogens (tertiary/aromatic N) is 1. The molecule has 1 fully saturated rings. The largest absolute Gasteiger partial charge is 0.371 e. The SMILES string of the molecule is CC1CCN(c2ccc(NC(=O)c3cc(=O)[nH]c4ccccc34)cc2)C1. The summed E-state index contributed by atoms with van der Waals surface area (Å²) in [6.07, 6.45) is 1.22. The highest BCUT2D eigenvalue weighted by atomic mass is 16.2. The molecule has 1 atom stereocenters. The second-order valence-electron chi connectivity index (χ2n) is 6.93. The van der Waals surface area contributed by atoms with E-state index in [-0.39, 0.29) is 11.5 Å². The molecule has 4 rings (SSSR count). The van der Waals surface area contributed by atoms with Crippen molar-refractivity contribution in [2.45, 2.75) is 13.3 Å². The van der Waals surface area contributed by atoms with Crippen LogP contribution >= 0.6 is 0 Å². The van der Waals surface area contributed by atoms with Gasteiger partial charge in [-0.25, -0.2) is 0 Å². The lowest BCUT2D eigenvalue weighted by Crippen LogP contribution is -2.19. The van der Waals surface area contributed by atoms with E-state index in [0.717, 1.165) is 30.1 Å². The van der Waals surface area contributed by atoms with Gasteiger partial charge in [-0.2, -0.15) is 0 Å². The van der Waals surface area contributed by atoms with Crippen LogP contribution in [0.1, 0.15) is 23.7 Å². The molecular formula is C21H21N3O2. The molecule has 3 aromatic rings. The molecule has 1 saturated heterocycles. The Labute approximate surface area is 151 Å². The molecule has 0 saturated carbocycles. The first kappa shape index (κ1) is 16.4. The van der Waals surface area contributed by atoms with E-state index in [1.165, 1.54) is 18.2 Å². The van der Waals surface area contributed by atoms with E-state index in [1.807, 2.05) is 42.5 Å². The fourth-order valence-electron chi connectivity index (χ4n) is 3.52. The van der Waals surface area contributed by atoms with Crippen LogP contribution in [0, 0.1) is 5.92 Å². The average Bonchev–Trinajstić information content (AvgIpc) is 3.08. The van der Waals surface area contributed by atoms with Crippen LogP contribution in [-0.4, -0.2) is 24.0 Å². The maximum absolute atomic E-state index is 12.7. The minimum absolute atomic E-state index is 0.283. The maximum Gasteiger partial charge on any atom is 0.256 e. The Morgan fingerprint density at radius 3 is 2.65 bits per heavy atom. The molecule has 2 heterocycles. The van der Waals surface area contributed by atoms with Crippen molar-refractivity contribution < 1.29 is 4.79 Å². The summed E-state index contributed by atoms with van der Waals surface area (Å²) in [4.78, 5) is 29.6. The first-order chi connectivity index (χ1) is 12.6. The lowest BCUT2D eigenvalue weighted by atomic mass is 10.1. The summed E-state index contributed by atoms with van der Waals surface area (Å²) in [7, 11) is 0. The second kappa shape index (κ2) is 6.67. The number of para-hydroxylation sites is 1. The summed E-state index contributed by atoms with van der Waals surface area (Å²) < 4.78 is 0. The zero-order valence-electron chi connectivity index (χ0n) is 14.7. The lowest BCUT2D eigenvalue weighted by molar-refractivity contribution is 0.102. The topological polar surface area (TPSA) is 65.2 Å². The third-order valence-corrected chi connectivity index (χ3v) is 4.91. The van der Waals surface area contributed by atoms with E-state index in [4.69, 9.17) is 0 Å². The summed E-state index contributed by atoms with van der Waals surface area (Å²) in [5.74, 6) is 0.439. The molecule has 0 radical (unpaired) electrons. The van der Waals surface area contributed by atoms with Gasteiger partial charge in [0, 0.05) is 41.4 Å². The molecule has 1 aromatic heterocycles. The summed E-state index contributed by atoms with van der Waals surface area (Å²) in [6.45, 7) is 4.41. The summed E-state index contributed by atoms with van der Waals surface area (Å²) in [5, 5.41) is 3.62. The van der Waals surface area contributed by atoms with Crippen LogP contribution in [0.2, 0.25) is 0 Å². The number of anilines is 2. The normalized spacial score (nSPS) is 16.8. The fourth-order valence-corrected chi connectivity index (χ4v) is 3.52. The number of H-pyrrole nitrogens is 1. The molecular weight excluding hydrogens is 326 g/mol. The van der Waals surface area contributed by atoms with Gasteiger partial charge in [0.2, 0.25) is 5.56 Å². The van der Waals surface area contributed by atoms with E-state index < -0.39 is 0 Å². The van der Waals surface area contributed by atoms with Gasteiger partial charge in [-0.3, -0.25) is 9.59 Å². The Kier molecular flexibility index (Phi) is 4.21. The first-order valence-corrected chi connectivity index (χ1v) is 8.88. The number of carbonyl (C=O) groups excluding carboxylic acids is 1. The number of hydrogen-bond acceptors (Lipinski definition) is 3. The molecule has 0 spiro atoms. The minimum Gasteiger partial charge on any atom is -0.371 e. The predicted octanol–water partition coefficient (Wildman–Crippen LogP) is 3.63. The smallest absolute Gasteiger partial charge is 0.256 e. The number of fused-ring (bicyclic) bond motifs is 1. The average molecular weight is 347 g/mol. The number of aromatic nitrogens is 1. The quantitative estimate of drug-likeness (QED) is 0.760. The number of benzene rings is 2. The standard InChI is InChI=1S/C21H21N3O2/c1-14-10-11-24(13-14)16-8-6-15(7-9-16)22-21(26)18-12-20(25)23-19-5-3-2-4-17(18)19/h2-9,12,14H,10-11,13H2,1H3,(H,22,26)(H,23,25). The van der Waals surface area contributed by atoms with Gasteiger partial charge in [0.15, 0.2) is 0 Å². The van der Waals surface area contributed by atoms with Crippen molar-refractivity contribution >= 4 is 28.2 Å². The number of amides is 1. The van der Waals surface area contributed by atoms with Crippen LogP contribution in [0.5, 0.6) is 0 Å². The van der Waals surface area contributed by atoms with Crippen LogP contribution in [-0.2, 0) is 0 Å². The molecule has 0 aliphatic carbocycles. The molecule has 2 N–H and O–H groups in total. The van der Waals surface area contributed by atoms with Crippen LogP contribution < -0.4 is 15.8 Å². The highest BCUT2D eigenvalue weighted by molar-refractivity contribution is 6.12. The molecule has 26 heavy (non-hydrogen) atoms. The summed E-state index contributed by atoms with van der Waals surface area (Å²) in [5.41, 5.74) is 2.64. The highest BCUT2D eigenvalue weighted by Gasteiger charge is 2.19. The minimum atomic E-state index is -0.285. The molecule has 0 bridgehead atoms. The van der Waals surface area contributed by atoms with Crippen LogP contribution in [0.4, 0.5) is 11.4 Å². The van der Waals surface area contributed by atoms with E-state index >= 15 is 0 Å². The number of rotatable bonds is 3. The molecule has 1 aliphatic rings. The number of carbonyl (C=O) groups is 1. The van der Waals surface area contributed by atoms with Crippen LogP contribution in [0.3, 0.4) is 0 Å². The van der Waals surface area contributed by atoms with E-state index in [9.17, 15) is 9.59 Å². The Bertz CT molecular complexity index is 1010. The van der Waals surface area contributed by atoms with Crippen molar-refractivity contribution in [3.8, 4) is 0 Å². The number of nitrogens with one attached hydrogen (secondary N) is 2. The summed E-state index contributed by atoms with van der Waals surface area (Å²) in [6, 6.07) is 16.5. The molecule has 1 aliphatic heterocycles. The highest BCUT2D eigenvalue weighted by Crippen LogP contribution is 2.25. The number of aromatic amines is 1. The van der Waals surface area contributed by atoms with Crippen LogP contribution in [0.25, 0.3) is 10.9 Å². The van der Waals surface area contributed by atoms with E-state index in [1.54, 1.807) is 6.07 Å². The van der Waals surface area contributed by atoms with Gasteiger partial charge in [-0.05, 0) is 42.7 Å². The van der Waals surface area contributed by atoms with E-state index in [0.29, 0.717) is 11.1 Å². The van der Waals surface area contributed by atoms with Crippen molar-refractivity contribution in [2.75, 3.05) is 23.3 Å². The maximum atomic E-state index is 12.7. The molecule has 1 amide bonds. The van der Waals surface area contributed by atoms with Crippen molar-refractivity contribution in [3.63, 3.8) is 0 Å². The molecule has 5 nitrogen and oxygen atoms in total. The lowest BCUT2D eigenvalue weighted by Gasteiger charge is -2.18. The third kappa shape index (κ3) is 3.20. The van der Waals surface area contributed by atoms with Crippen LogP contribution in [0.15, 0.2) is 59.4 Å². The molecule has 5 heteroatoms. The van der Waals surface area contributed by atoms with E-state index in [2.05, 4.69) is 22.1 Å². The molecule has 1 unspecified atom stereocenters. The van der Waals surface area contributed by atoms with Crippen molar-refractivity contribution in [1.82, 2.24) is 4.98 Å². The van der Waals surface area contributed by atoms with Crippen molar-refractivity contribution in [3.05, 3.63) is 70.5 Å². The Hall–Kier alpha value is -3.08. The fraction of sp³-hybridized carbons (Fsp3) is 0.238. The Morgan fingerprint density at radius 1 is 1.15 bits per heavy atom. The molecule has 132 valence electrons. The van der Waals surface area contributed by atoms with Crippen molar-refractivity contribution in [1.29, 1.82) is 0 Å². The van der Waals surface area contributed by atoms with Gasteiger partial charge in [-0.1, -0.05) is 25.1 Å². The number of pyridine rings is 1. The second-order valence-corrected chi connectivity index (χ2v) is 6.93. The van der Waals surface area contributed by atoms with Gasteiger partial charge in [0.25, 0.3) is 5.91 Å². The zero-order valence-corrected chi connectivity index (χ0v) is 14.7. The number of hydrogen-bond donors (Lipinski definition) is 2.